The van der Waals surface area contributed by atoms with E-state index in [0.717, 1.165) is 49.7 Å². The predicted octanol–water partition coefficient (Wildman–Crippen LogP) is 4.30. The average molecular weight is 337 g/mol. The van der Waals surface area contributed by atoms with Gasteiger partial charge in [0.2, 0.25) is 5.88 Å². The Morgan fingerprint density at radius 2 is 2.08 bits per heavy atom. The Bertz CT molecular complexity index is 781. The summed E-state index contributed by atoms with van der Waals surface area (Å²) in [4.78, 5) is 15.9. The van der Waals surface area contributed by atoms with Crippen molar-refractivity contribution in [3.05, 3.63) is 47.4 Å². The van der Waals surface area contributed by atoms with Crippen LogP contribution in [0.4, 0.5) is 19.1 Å². The first kappa shape index (κ1) is 16.2. The van der Waals surface area contributed by atoms with Crippen LogP contribution in [0.25, 0.3) is 5.57 Å². The second kappa shape index (κ2) is 6.46. The second-order valence-corrected chi connectivity index (χ2v) is 5.42. The minimum absolute atomic E-state index is 0.0464. The van der Waals surface area contributed by atoms with Gasteiger partial charge in [-0.05, 0) is 37.3 Å². The molecule has 1 aliphatic rings. The van der Waals surface area contributed by atoms with Crippen LogP contribution in [-0.2, 0) is 6.18 Å². The molecule has 0 bridgehead atoms. The second-order valence-electron chi connectivity index (χ2n) is 5.42. The van der Waals surface area contributed by atoms with Crippen molar-refractivity contribution in [2.45, 2.75) is 31.9 Å². The van der Waals surface area contributed by atoms with Gasteiger partial charge in [0.05, 0.1) is 22.9 Å². The fourth-order valence-electron chi connectivity index (χ4n) is 2.63. The molecule has 0 spiro atoms. The van der Waals surface area contributed by atoms with Crippen molar-refractivity contribution in [1.82, 2.24) is 10.1 Å². The van der Waals surface area contributed by atoms with E-state index in [4.69, 9.17) is 4.52 Å². The third kappa shape index (κ3) is 3.32. The number of aromatic nitrogens is 2. The number of amides is 1. The van der Waals surface area contributed by atoms with E-state index in [9.17, 15) is 18.0 Å². The Balaban J connectivity index is 1.87. The van der Waals surface area contributed by atoms with E-state index in [2.05, 4.69) is 15.5 Å². The first-order valence-electron chi connectivity index (χ1n) is 7.43. The molecule has 8 heteroatoms. The highest BCUT2D eigenvalue weighted by Crippen LogP contribution is 2.34. The summed E-state index contributed by atoms with van der Waals surface area (Å²) < 4.78 is 44.0. The molecule has 2 aromatic heterocycles. The van der Waals surface area contributed by atoms with Gasteiger partial charge in [-0.25, -0.2) is 0 Å². The zero-order chi connectivity index (χ0) is 17.2. The van der Waals surface area contributed by atoms with Gasteiger partial charge in [-0.2, -0.15) is 13.2 Å². The number of hydrogen-bond acceptors (Lipinski definition) is 4. The molecule has 0 atom stereocenters. The van der Waals surface area contributed by atoms with Crippen LogP contribution < -0.4 is 5.32 Å². The standard InChI is InChI=1S/C16H14F3N3O2/c17-16(18,19)13-6-7-20-8-12(13)14(23)22-15-11(9-21-24-15)10-4-2-1-3-5-10/h4,6-9H,1-3,5H2,(H,22,23). The lowest BCUT2D eigenvalue weighted by Gasteiger charge is -2.13. The molecule has 2 heterocycles. The highest BCUT2D eigenvalue weighted by molar-refractivity contribution is 6.05. The zero-order valence-electron chi connectivity index (χ0n) is 12.6. The third-order valence-electron chi connectivity index (χ3n) is 3.81. The van der Waals surface area contributed by atoms with E-state index in [-0.39, 0.29) is 5.88 Å². The number of nitrogens with one attached hydrogen (secondary N) is 1. The van der Waals surface area contributed by atoms with Gasteiger partial charge in [0.15, 0.2) is 0 Å². The van der Waals surface area contributed by atoms with Crippen LogP contribution in [0.5, 0.6) is 0 Å². The highest BCUT2D eigenvalue weighted by Gasteiger charge is 2.35. The third-order valence-corrected chi connectivity index (χ3v) is 3.81. The molecular weight excluding hydrogens is 323 g/mol. The molecule has 0 aromatic carbocycles. The zero-order valence-corrected chi connectivity index (χ0v) is 12.6. The fourth-order valence-corrected chi connectivity index (χ4v) is 2.63. The number of allylic oxidation sites excluding steroid dienone is 2. The molecule has 0 saturated carbocycles. The van der Waals surface area contributed by atoms with E-state index in [1.54, 1.807) is 0 Å². The number of nitrogens with zero attached hydrogens (tertiary/aromatic N) is 2. The predicted molar refractivity (Wildman–Crippen MR) is 80.1 cm³/mol. The van der Waals surface area contributed by atoms with Crippen LogP contribution in [0, 0.1) is 0 Å². The Morgan fingerprint density at radius 3 is 2.79 bits per heavy atom. The Labute approximate surface area is 135 Å². The van der Waals surface area contributed by atoms with E-state index in [0.29, 0.717) is 5.56 Å². The number of rotatable bonds is 3. The molecule has 1 aliphatic carbocycles. The molecule has 3 rings (SSSR count). The van der Waals surface area contributed by atoms with Crippen LogP contribution in [0.1, 0.15) is 47.2 Å². The molecule has 1 amide bonds. The maximum absolute atomic E-state index is 13.0. The molecule has 0 fully saturated rings. The summed E-state index contributed by atoms with van der Waals surface area (Å²) in [5, 5.41) is 6.01. The number of halogens is 3. The van der Waals surface area contributed by atoms with Gasteiger partial charge >= 0.3 is 6.18 Å². The first-order chi connectivity index (χ1) is 11.5. The van der Waals surface area contributed by atoms with Crippen LogP contribution in [0.2, 0.25) is 0 Å². The summed E-state index contributed by atoms with van der Waals surface area (Å²) in [5.74, 6) is -0.894. The number of pyridine rings is 1. The summed E-state index contributed by atoms with van der Waals surface area (Å²) in [6.07, 6.45) is 4.52. The SMILES string of the molecule is O=C(Nc1oncc1C1=CCCCC1)c1cnccc1C(F)(F)F. The van der Waals surface area contributed by atoms with E-state index >= 15 is 0 Å². The van der Waals surface area contributed by atoms with Gasteiger partial charge < -0.3 is 4.52 Å². The van der Waals surface area contributed by atoms with Crippen LogP contribution in [0.3, 0.4) is 0 Å². The quantitative estimate of drug-likeness (QED) is 0.907. The first-order valence-corrected chi connectivity index (χ1v) is 7.43. The minimum atomic E-state index is -4.65. The number of anilines is 1. The molecule has 126 valence electrons. The summed E-state index contributed by atoms with van der Waals surface area (Å²) in [7, 11) is 0. The summed E-state index contributed by atoms with van der Waals surface area (Å²) in [6, 6.07) is 0.764. The molecule has 0 unspecified atom stereocenters. The number of alkyl halides is 3. The van der Waals surface area contributed by atoms with Gasteiger partial charge in [0.1, 0.15) is 0 Å². The molecule has 0 saturated heterocycles. The molecule has 1 N–H and O–H groups in total. The van der Waals surface area contributed by atoms with Crippen LogP contribution in [-0.4, -0.2) is 16.0 Å². The van der Waals surface area contributed by atoms with Crippen molar-refractivity contribution in [3.8, 4) is 0 Å². The molecular formula is C16H14F3N3O2. The van der Waals surface area contributed by atoms with E-state index in [1.165, 1.54) is 6.20 Å². The van der Waals surface area contributed by atoms with Crippen molar-refractivity contribution < 1.29 is 22.5 Å². The Morgan fingerprint density at radius 1 is 1.25 bits per heavy atom. The van der Waals surface area contributed by atoms with Gasteiger partial charge in [0.25, 0.3) is 5.91 Å². The summed E-state index contributed by atoms with van der Waals surface area (Å²) in [6.45, 7) is 0. The lowest BCUT2D eigenvalue weighted by molar-refractivity contribution is -0.138. The number of hydrogen-bond donors (Lipinski definition) is 1. The Kier molecular flexibility index (Phi) is 4.37. The maximum Gasteiger partial charge on any atom is 0.417 e. The van der Waals surface area contributed by atoms with Crippen molar-refractivity contribution in [1.29, 1.82) is 0 Å². The molecule has 2 aromatic rings. The van der Waals surface area contributed by atoms with Crippen molar-refractivity contribution in [3.63, 3.8) is 0 Å². The summed E-state index contributed by atoms with van der Waals surface area (Å²) in [5.41, 5.74) is -0.0431. The maximum atomic E-state index is 13.0. The lowest BCUT2D eigenvalue weighted by Crippen LogP contribution is -2.19. The van der Waals surface area contributed by atoms with Gasteiger partial charge in [-0.3, -0.25) is 15.1 Å². The number of carbonyl (C=O) groups is 1. The minimum Gasteiger partial charge on any atom is -0.338 e. The van der Waals surface area contributed by atoms with Crippen molar-refractivity contribution in [2.75, 3.05) is 5.32 Å². The van der Waals surface area contributed by atoms with Gasteiger partial charge in [-0.15, -0.1) is 0 Å². The monoisotopic (exact) mass is 337 g/mol. The Hall–Kier alpha value is -2.64. The molecule has 0 radical (unpaired) electrons. The van der Waals surface area contributed by atoms with Crippen LogP contribution >= 0.6 is 0 Å². The normalized spacial score (nSPS) is 15.0. The smallest absolute Gasteiger partial charge is 0.338 e. The topological polar surface area (TPSA) is 68.0 Å². The van der Waals surface area contributed by atoms with E-state index < -0.39 is 23.2 Å². The van der Waals surface area contributed by atoms with Gasteiger partial charge in [-0.1, -0.05) is 11.2 Å². The van der Waals surface area contributed by atoms with Gasteiger partial charge in [0, 0.05) is 12.4 Å². The highest BCUT2D eigenvalue weighted by atomic mass is 19.4. The van der Waals surface area contributed by atoms with Crippen molar-refractivity contribution in [2.24, 2.45) is 0 Å². The summed E-state index contributed by atoms with van der Waals surface area (Å²) >= 11 is 0. The molecule has 24 heavy (non-hydrogen) atoms. The molecule has 0 aliphatic heterocycles. The molecule has 5 nitrogen and oxygen atoms in total. The lowest BCUT2D eigenvalue weighted by atomic mass is 9.95. The largest absolute Gasteiger partial charge is 0.417 e. The fraction of sp³-hybridized carbons (Fsp3) is 0.312. The van der Waals surface area contributed by atoms with Crippen LogP contribution in [0.15, 0.2) is 35.3 Å². The van der Waals surface area contributed by atoms with E-state index in [1.807, 2.05) is 6.08 Å². The van der Waals surface area contributed by atoms with Crippen molar-refractivity contribution >= 4 is 17.4 Å². The average Bonchev–Trinajstić information content (AvgIpc) is 3.03. The number of carbonyl (C=O) groups excluding carboxylic acids is 1.